The number of aliphatic hydroxyl groups is 1. The Morgan fingerprint density at radius 2 is 2.30 bits per heavy atom. The highest BCUT2D eigenvalue weighted by Gasteiger charge is 2.22. The fourth-order valence-electron chi connectivity index (χ4n) is 2.86. The third-order valence-corrected chi connectivity index (χ3v) is 6.30. The van der Waals surface area contributed by atoms with Gasteiger partial charge >= 0.3 is 0 Å². The van der Waals surface area contributed by atoms with Crippen LogP contribution in [0, 0.1) is 6.92 Å². The Morgan fingerprint density at radius 1 is 1.50 bits per heavy atom. The number of aliphatic hydroxyl groups excluding tert-OH is 1. The number of halogens is 1. The van der Waals surface area contributed by atoms with Crippen molar-refractivity contribution < 1.29 is 5.11 Å². The smallest absolute Gasteiger partial charge is 0.0937 e. The summed E-state index contributed by atoms with van der Waals surface area (Å²) in [6, 6.07) is 2.20. The van der Waals surface area contributed by atoms with Gasteiger partial charge in [-0.1, -0.05) is 0 Å². The van der Waals surface area contributed by atoms with Crippen LogP contribution in [0.1, 0.15) is 46.2 Å². The van der Waals surface area contributed by atoms with E-state index in [2.05, 4.69) is 34.0 Å². The fourth-order valence-corrected chi connectivity index (χ4v) is 4.55. The molecule has 0 saturated carbocycles. The minimum absolute atomic E-state index is 0.428. The monoisotopic (exact) mass is 354 g/mol. The number of hydrogen-bond donors (Lipinski definition) is 1. The summed E-state index contributed by atoms with van der Waals surface area (Å²) in [6.45, 7) is 4.90. The number of aromatic nitrogens is 2. The standard InChI is InChI=1S/C15H19BrN2OS/c1-3-18-11(15(16)9(2)17-18)8-12(19)14-7-10-5-4-6-13(10)20-14/h7,12,19H,3-6,8H2,1-2H3. The predicted octanol–water partition coefficient (Wildman–Crippen LogP) is 3.80. The molecule has 0 spiro atoms. The van der Waals surface area contributed by atoms with E-state index in [1.54, 1.807) is 11.3 Å². The molecule has 0 fully saturated rings. The summed E-state index contributed by atoms with van der Waals surface area (Å²) in [5, 5.41) is 15.0. The van der Waals surface area contributed by atoms with Crippen LogP contribution in [0.4, 0.5) is 0 Å². The SMILES string of the molecule is CCn1nc(C)c(Br)c1CC(O)c1cc2c(s1)CCC2. The van der Waals surface area contributed by atoms with Crippen LogP contribution >= 0.6 is 27.3 Å². The van der Waals surface area contributed by atoms with Gasteiger partial charge in [0.1, 0.15) is 0 Å². The van der Waals surface area contributed by atoms with E-state index in [4.69, 9.17) is 0 Å². The van der Waals surface area contributed by atoms with Crippen molar-refractivity contribution in [1.82, 2.24) is 9.78 Å². The topological polar surface area (TPSA) is 38.0 Å². The molecule has 0 aromatic carbocycles. The van der Waals surface area contributed by atoms with Gasteiger partial charge in [-0.2, -0.15) is 5.10 Å². The van der Waals surface area contributed by atoms with E-state index in [-0.39, 0.29) is 0 Å². The van der Waals surface area contributed by atoms with Crippen LogP contribution in [0.2, 0.25) is 0 Å². The maximum absolute atomic E-state index is 10.5. The largest absolute Gasteiger partial charge is 0.387 e. The summed E-state index contributed by atoms with van der Waals surface area (Å²) in [4.78, 5) is 2.57. The molecule has 0 aliphatic heterocycles. The van der Waals surface area contributed by atoms with Crippen LogP contribution in [0.25, 0.3) is 0 Å². The van der Waals surface area contributed by atoms with Gasteiger partial charge in [-0.3, -0.25) is 4.68 Å². The van der Waals surface area contributed by atoms with Crippen molar-refractivity contribution in [2.24, 2.45) is 0 Å². The number of fused-ring (bicyclic) bond motifs is 1. The molecule has 3 rings (SSSR count). The third-order valence-electron chi connectivity index (χ3n) is 3.93. The maximum Gasteiger partial charge on any atom is 0.0937 e. The molecular formula is C15H19BrN2OS. The number of rotatable bonds is 4. The van der Waals surface area contributed by atoms with Crippen molar-refractivity contribution in [3.8, 4) is 0 Å². The van der Waals surface area contributed by atoms with Gasteiger partial charge in [-0.15, -0.1) is 11.3 Å². The molecule has 2 aromatic rings. The third kappa shape index (κ3) is 2.47. The Hall–Kier alpha value is -0.650. The zero-order valence-electron chi connectivity index (χ0n) is 11.8. The molecule has 108 valence electrons. The molecule has 5 heteroatoms. The van der Waals surface area contributed by atoms with Gasteiger partial charge in [0.15, 0.2) is 0 Å². The minimum atomic E-state index is -0.428. The van der Waals surface area contributed by atoms with Gasteiger partial charge in [-0.25, -0.2) is 0 Å². The first kappa shape index (κ1) is 14.3. The van der Waals surface area contributed by atoms with E-state index in [1.165, 1.54) is 29.7 Å². The second-order valence-electron chi connectivity index (χ2n) is 5.33. The molecule has 3 nitrogen and oxygen atoms in total. The second kappa shape index (κ2) is 5.62. The number of aryl methyl sites for hydroxylation is 4. The highest BCUT2D eigenvalue weighted by Crippen LogP contribution is 2.35. The first-order chi connectivity index (χ1) is 9.60. The van der Waals surface area contributed by atoms with Crippen LogP contribution in [-0.4, -0.2) is 14.9 Å². The summed E-state index contributed by atoms with van der Waals surface area (Å²) in [5.41, 5.74) is 3.53. The van der Waals surface area contributed by atoms with Crippen LogP contribution in [0.3, 0.4) is 0 Å². The molecule has 20 heavy (non-hydrogen) atoms. The second-order valence-corrected chi connectivity index (χ2v) is 7.29. The first-order valence-corrected chi connectivity index (χ1v) is 8.72. The minimum Gasteiger partial charge on any atom is -0.387 e. The number of hydrogen-bond acceptors (Lipinski definition) is 3. The number of thiophene rings is 1. The van der Waals surface area contributed by atoms with Crippen LogP contribution < -0.4 is 0 Å². The Kier molecular flexibility index (Phi) is 4.02. The van der Waals surface area contributed by atoms with Crippen molar-refractivity contribution in [3.05, 3.63) is 37.2 Å². The molecule has 0 bridgehead atoms. The normalized spacial score (nSPS) is 15.6. The van der Waals surface area contributed by atoms with Crippen LogP contribution in [0.5, 0.6) is 0 Å². The van der Waals surface area contributed by atoms with Gasteiger partial charge in [0.2, 0.25) is 0 Å². The van der Waals surface area contributed by atoms with E-state index in [9.17, 15) is 5.11 Å². The van der Waals surface area contributed by atoms with Crippen molar-refractivity contribution in [2.75, 3.05) is 0 Å². The van der Waals surface area contributed by atoms with Gasteiger partial charge in [0.05, 0.1) is 22.0 Å². The van der Waals surface area contributed by atoms with Gasteiger partial charge in [-0.05, 0) is 60.7 Å². The molecule has 0 radical (unpaired) electrons. The summed E-state index contributed by atoms with van der Waals surface area (Å²) in [7, 11) is 0. The molecule has 1 aliphatic rings. The average molecular weight is 355 g/mol. The summed E-state index contributed by atoms with van der Waals surface area (Å²) in [5.74, 6) is 0. The van der Waals surface area contributed by atoms with E-state index in [1.807, 2.05) is 11.6 Å². The highest BCUT2D eigenvalue weighted by atomic mass is 79.9. The van der Waals surface area contributed by atoms with E-state index >= 15 is 0 Å². The molecule has 0 saturated heterocycles. The van der Waals surface area contributed by atoms with Crippen molar-refractivity contribution >= 4 is 27.3 Å². The lowest BCUT2D eigenvalue weighted by Gasteiger charge is -2.11. The van der Waals surface area contributed by atoms with E-state index in [0.717, 1.165) is 27.3 Å². The summed E-state index contributed by atoms with van der Waals surface area (Å²) in [6.07, 6.45) is 3.82. The molecular weight excluding hydrogens is 336 g/mol. The lowest BCUT2D eigenvalue weighted by molar-refractivity contribution is 0.179. The zero-order valence-corrected chi connectivity index (χ0v) is 14.2. The highest BCUT2D eigenvalue weighted by molar-refractivity contribution is 9.10. The Balaban J connectivity index is 1.83. The van der Waals surface area contributed by atoms with Crippen molar-refractivity contribution in [3.63, 3.8) is 0 Å². The van der Waals surface area contributed by atoms with Crippen molar-refractivity contribution in [2.45, 2.75) is 52.2 Å². The quantitative estimate of drug-likeness (QED) is 0.906. The van der Waals surface area contributed by atoms with Gasteiger partial charge in [0.25, 0.3) is 0 Å². The molecule has 1 unspecified atom stereocenters. The average Bonchev–Trinajstić information content (AvgIpc) is 3.07. The molecule has 0 amide bonds. The Morgan fingerprint density at radius 3 is 3.00 bits per heavy atom. The van der Waals surface area contributed by atoms with Gasteiger partial charge < -0.3 is 5.11 Å². The Bertz CT molecular complexity index is 611. The lowest BCUT2D eigenvalue weighted by Crippen LogP contribution is -2.08. The van der Waals surface area contributed by atoms with Crippen LogP contribution in [0.15, 0.2) is 10.5 Å². The Labute approximate surface area is 131 Å². The van der Waals surface area contributed by atoms with Crippen LogP contribution in [-0.2, 0) is 25.8 Å². The molecule has 2 aromatic heterocycles. The predicted molar refractivity (Wildman–Crippen MR) is 85.3 cm³/mol. The molecule has 1 N–H and O–H groups in total. The summed E-state index contributed by atoms with van der Waals surface area (Å²) < 4.78 is 3.01. The lowest BCUT2D eigenvalue weighted by atomic mass is 10.1. The molecule has 1 aliphatic carbocycles. The van der Waals surface area contributed by atoms with Gasteiger partial charge in [0, 0.05) is 22.7 Å². The maximum atomic E-state index is 10.5. The number of nitrogens with zero attached hydrogens (tertiary/aromatic N) is 2. The summed E-state index contributed by atoms with van der Waals surface area (Å²) >= 11 is 5.38. The van der Waals surface area contributed by atoms with E-state index < -0.39 is 6.10 Å². The molecule has 1 atom stereocenters. The first-order valence-electron chi connectivity index (χ1n) is 7.11. The molecule has 2 heterocycles. The fraction of sp³-hybridized carbons (Fsp3) is 0.533. The zero-order chi connectivity index (χ0) is 14.3. The van der Waals surface area contributed by atoms with E-state index in [0.29, 0.717) is 6.42 Å². The van der Waals surface area contributed by atoms with Crippen molar-refractivity contribution in [1.29, 1.82) is 0 Å².